The lowest BCUT2D eigenvalue weighted by Crippen LogP contribution is -2.14. The fourth-order valence-corrected chi connectivity index (χ4v) is 0.769. The van der Waals surface area contributed by atoms with Crippen LogP contribution in [0.4, 0.5) is 0 Å². The first-order valence-electron chi connectivity index (χ1n) is 4.16. The number of rotatable bonds is 5. The zero-order valence-electron chi connectivity index (χ0n) is 8.12. The van der Waals surface area contributed by atoms with E-state index in [-0.39, 0.29) is 23.0 Å². The smallest absolute Gasteiger partial charge is 0.330 e. The largest absolute Gasteiger partial charge is 0.478 e. The first-order valence-corrected chi connectivity index (χ1v) is 5.07. The van der Waals surface area contributed by atoms with Crippen LogP contribution in [-0.4, -0.2) is 28.5 Å². The average molecular weight is 265 g/mol. The van der Waals surface area contributed by atoms with Crippen molar-refractivity contribution in [3.63, 3.8) is 0 Å². The van der Waals surface area contributed by atoms with Gasteiger partial charge in [0.15, 0.2) is 0 Å². The Balaban J connectivity index is 3.71. The van der Waals surface area contributed by atoms with E-state index < -0.39 is 5.97 Å². The second-order valence-electron chi connectivity index (χ2n) is 2.76. The average Bonchev–Trinajstić information content (AvgIpc) is 2.11. The highest BCUT2D eigenvalue weighted by atomic mass is 79.9. The van der Waals surface area contributed by atoms with Crippen LogP contribution < -0.4 is 0 Å². The maximum atomic E-state index is 10.9. The number of carbonyl (C=O) groups is 2. The SMILES string of the molecule is C/C(=C\CCOC(=O)C(C)Br)C(=O)O. The van der Waals surface area contributed by atoms with Gasteiger partial charge in [-0.15, -0.1) is 0 Å². The van der Waals surface area contributed by atoms with E-state index in [0.29, 0.717) is 6.42 Å². The van der Waals surface area contributed by atoms with Crippen molar-refractivity contribution in [1.82, 2.24) is 0 Å². The lowest BCUT2D eigenvalue weighted by atomic mass is 10.2. The van der Waals surface area contributed by atoms with Crippen molar-refractivity contribution in [2.75, 3.05) is 6.61 Å². The number of aliphatic carboxylic acids is 1. The minimum Gasteiger partial charge on any atom is -0.478 e. The molecule has 0 radical (unpaired) electrons. The van der Waals surface area contributed by atoms with Gasteiger partial charge in [0.1, 0.15) is 4.83 Å². The lowest BCUT2D eigenvalue weighted by Gasteiger charge is -2.03. The highest BCUT2D eigenvalue weighted by Crippen LogP contribution is 2.01. The first-order chi connectivity index (χ1) is 6.45. The molecule has 1 unspecified atom stereocenters. The van der Waals surface area contributed by atoms with Gasteiger partial charge in [-0.25, -0.2) is 4.79 Å². The van der Waals surface area contributed by atoms with Gasteiger partial charge in [-0.1, -0.05) is 22.0 Å². The predicted molar refractivity (Wildman–Crippen MR) is 55.4 cm³/mol. The Labute approximate surface area is 91.1 Å². The number of hydrogen-bond acceptors (Lipinski definition) is 3. The molecule has 0 heterocycles. The van der Waals surface area contributed by atoms with Gasteiger partial charge in [-0.2, -0.15) is 0 Å². The van der Waals surface area contributed by atoms with Crippen molar-refractivity contribution in [3.8, 4) is 0 Å². The Kier molecular flexibility index (Phi) is 6.19. The molecule has 0 saturated heterocycles. The third kappa shape index (κ3) is 5.75. The predicted octanol–water partition coefficient (Wildman–Crippen LogP) is 1.73. The Bertz CT molecular complexity index is 245. The number of halogens is 1. The molecule has 0 saturated carbocycles. The van der Waals surface area contributed by atoms with Gasteiger partial charge in [0.05, 0.1) is 6.61 Å². The van der Waals surface area contributed by atoms with E-state index in [0.717, 1.165) is 0 Å². The Morgan fingerprint density at radius 2 is 2.14 bits per heavy atom. The number of esters is 1. The standard InChI is InChI=1S/C9H13BrO4/c1-6(8(11)12)4-3-5-14-9(13)7(2)10/h4,7H,3,5H2,1-2H3,(H,11,12)/b6-4+. The fourth-order valence-electron chi connectivity index (χ4n) is 0.637. The third-order valence-corrected chi connectivity index (χ3v) is 1.85. The van der Waals surface area contributed by atoms with Crippen molar-refractivity contribution in [1.29, 1.82) is 0 Å². The van der Waals surface area contributed by atoms with Crippen molar-refractivity contribution in [2.24, 2.45) is 0 Å². The molecule has 0 aromatic rings. The maximum Gasteiger partial charge on any atom is 0.330 e. The summed E-state index contributed by atoms with van der Waals surface area (Å²) in [5, 5.41) is 8.50. The summed E-state index contributed by atoms with van der Waals surface area (Å²) in [6.45, 7) is 3.37. The van der Waals surface area contributed by atoms with Crippen molar-refractivity contribution >= 4 is 27.9 Å². The molecule has 4 nitrogen and oxygen atoms in total. The highest BCUT2D eigenvalue weighted by molar-refractivity contribution is 9.10. The summed E-state index contributed by atoms with van der Waals surface area (Å²) < 4.78 is 4.81. The topological polar surface area (TPSA) is 63.6 Å². The number of carboxylic acid groups (broad SMARTS) is 1. The summed E-state index contributed by atoms with van der Waals surface area (Å²) in [7, 11) is 0. The van der Waals surface area contributed by atoms with E-state index in [2.05, 4.69) is 15.9 Å². The monoisotopic (exact) mass is 264 g/mol. The van der Waals surface area contributed by atoms with Gasteiger partial charge in [-0.05, 0) is 13.8 Å². The normalized spacial score (nSPS) is 13.5. The van der Waals surface area contributed by atoms with E-state index in [1.807, 2.05) is 0 Å². The van der Waals surface area contributed by atoms with Crippen LogP contribution >= 0.6 is 15.9 Å². The van der Waals surface area contributed by atoms with Gasteiger partial charge >= 0.3 is 11.9 Å². The second kappa shape index (κ2) is 6.59. The summed E-state index contributed by atoms with van der Waals surface area (Å²) in [5.41, 5.74) is 0.257. The number of alkyl halides is 1. The molecule has 1 N–H and O–H groups in total. The van der Waals surface area contributed by atoms with Crippen LogP contribution in [0, 0.1) is 0 Å². The van der Waals surface area contributed by atoms with Crippen LogP contribution in [-0.2, 0) is 14.3 Å². The Morgan fingerprint density at radius 3 is 2.57 bits per heavy atom. The highest BCUT2D eigenvalue weighted by Gasteiger charge is 2.08. The number of carboxylic acids is 1. The van der Waals surface area contributed by atoms with Gasteiger partial charge in [-0.3, -0.25) is 4.79 Å². The molecule has 0 amide bonds. The molecule has 0 aliphatic rings. The fraction of sp³-hybridized carbons (Fsp3) is 0.556. The van der Waals surface area contributed by atoms with Gasteiger partial charge in [0, 0.05) is 12.0 Å². The van der Waals surface area contributed by atoms with Gasteiger partial charge < -0.3 is 9.84 Å². The summed E-state index contributed by atoms with van der Waals surface area (Å²) in [5.74, 6) is -1.29. The number of hydrogen-bond donors (Lipinski definition) is 1. The molecule has 14 heavy (non-hydrogen) atoms. The van der Waals surface area contributed by atoms with Crippen molar-refractivity contribution < 1.29 is 19.4 Å². The van der Waals surface area contributed by atoms with Crippen LogP contribution in [0.1, 0.15) is 20.3 Å². The van der Waals surface area contributed by atoms with Crippen LogP contribution in [0.5, 0.6) is 0 Å². The molecule has 0 bridgehead atoms. The minimum absolute atomic E-state index is 0.208. The van der Waals surface area contributed by atoms with Crippen molar-refractivity contribution in [3.05, 3.63) is 11.6 Å². The molecular weight excluding hydrogens is 252 g/mol. The summed E-state index contributed by atoms with van der Waals surface area (Å²) in [4.78, 5) is 20.9. The second-order valence-corrected chi connectivity index (χ2v) is 4.14. The molecule has 0 spiro atoms. The Morgan fingerprint density at radius 1 is 1.57 bits per heavy atom. The van der Waals surface area contributed by atoms with Crippen LogP contribution in [0.3, 0.4) is 0 Å². The molecule has 0 aromatic carbocycles. The van der Waals surface area contributed by atoms with E-state index in [1.165, 1.54) is 13.0 Å². The molecule has 5 heteroatoms. The van der Waals surface area contributed by atoms with E-state index in [1.54, 1.807) is 6.92 Å². The zero-order chi connectivity index (χ0) is 11.1. The van der Waals surface area contributed by atoms with E-state index >= 15 is 0 Å². The lowest BCUT2D eigenvalue weighted by molar-refractivity contribution is -0.142. The quantitative estimate of drug-likeness (QED) is 0.356. The minimum atomic E-state index is -0.954. The summed E-state index contributed by atoms with van der Waals surface area (Å²) >= 11 is 3.06. The molecule has 0 aliphatic carbocycles. The molecule has 80 valence electrons. The zero-order valence-corrected chi connectivity index (χ0v) is 9.70. The number of ether oxygens (including phenoxy) is 1. The van der Waals surface area contributed by atoms with Crippen LogP contribution in [0.15, 0.2) is 11.6 Å². The molecule has 0 aliphatic heterocycles. The van der Waals surface area contributed by atoms with E-state index in [9.17, 15) is 9.59 Å². The molecule has 0 aromatic heterocycles. The van der Waals surface area contributed by atoms with Crippen molar-refractivity contribution in [2.45, 2.75) is 25.1 Å². The third-order valence-electron chi connectivity index (χ3n) is 1.47. The molecular formula is C9H13BrO4. The van der Waals surface area contributed by atoms with E-state index in [4.69, 9.17) is 9.84 Å². The maximum absolute atomic E-state index is 10.9. The summed E-state index contributed by atoms with van der Waals surface area (Å²) in [6, 6.07) is 0. The molecule has 0 rings (SSSR count). The Hall–Kier alpha value is -0.840. The molecule has 0 fully saturated rings. The molecule has 1 atom stereocenters. The van der Waals surface area contributed by atoms with Crippen LogP contribution in [0.25, 0.3) is 0 Å². The first kappa shape index (κ1) is 13.2. The summed E-state index contributed by atoms with van der Waals surface area (Å²) in [6.07, 6.45) is 1.94. The van der Waals surface area contributed by atoms with Gasteiger partial charge in [0.2, 0.25) is 0 Å². The number of carbonyl (C=O) groups excluding carboxylic acids is 1. The van der Waals surface area contributed by atoms with Crippen LogP contribution in [0.2, 0.25) is 0 Å². The van der Waals surface area contributed by atoms with Gasteiger partial charge in [0.25, 0.3) is 0 Å².